The van der Waals surface area contributed by atoms with Crippen molar-refractivity contribution in [1.29, 1.82) is 0 Å². The monoisotopic (exact) mass is 590 g/mol. The Balaban J connectivity index is 1.44. The fourth-order valence-corrected chi connectivity index (χ4v) is 5.80. The second-order valence-corrected chi connectivity index (χ2v) is 11.4. The van der Waals surface area contributed by atoms with Crippen LogP contribution in [0.3, 0.4) is 0 Å². The zero-order valence-electron chi connectivity index (χ0n) is 25.0. The number of hydrogen-bond donors (Lipinski definition) is 3. The Kier molecular flexibility index (Phi) is 7.65. The number of aromatic nitrogens is 3. The summed E-state index contributed by atoms with van der Waals surface area (Å²) < 4.78 is 7.50. The largest absolute Gasteiger partial charge is 0.449 e. The van der Waals surface area contributed by atoms with Crippen LogP contribution in [-0.4, -0.2) is 45.1 Å². The summed E-state index contributed by atoms with van der Waals surface area (Å²) in [5.41, 5.74) is 5.42. The topological polar surface area (TPSA) is 121 Å². The molecule has 0 aliphatic carbocycles. The van der Waals surface area contributed by atoms with Gasteiger partial charge < -0.3 is 24.5 Å². The number of carbonyl (C=O) groups excluding carboxylic acids is 2. The van der Waals surface area contributed by atoms with Gasteiger partial charge in [0.2, 0.25) is 5.91 Å². The Hall–Kier alpha value is -5.38. The first-order valence-corrected chi connectivity index (χ1v) is 14.5. The van der Waals surface area contributed by atoms with Crippen LogP contribution in [0, 0.1) is 6.92 Å². The third kappa shape index (κ3) is 5.66. The Morgan fingerprint density at radius 3 is 2.61 bits per heavy atom. The molecule has 2 aromatic heterocycles. The predicted molar refractivity (Wildman–Crippen MR) is 171 cm³/mol. The highest BCUT2D eigenvalue weighted by Gasteiger charge is 2.27. The maximum atomic E-state index is 14.3. The van der Waals surface area contributed by atoms with Crippen molar-refractivity contribution in [2.75, 3.05) is 24.3 Å². The van der Waals surface area contributed by atoms with Gasteiger partial charge in [-0.3, -0.25) is 14.9 Å². The van der Waals surface area contributed by atoms with E-state index in [4.69, 9.17) is 4.74 Å². The van der Waals surface area contributed by atoms with Gasteiger partial charge in [-0.05, 0) is 71.0 Å². The van der Waals surface area contributed by atoms with E-state index in [1.165, 1.54) is 0 Å². The molecule has 0 spiro atoms. The number of rotatable bonds is 3. The van der Waals surface area contributed by atoms with Crippen LogP contribution >= 0.6 is 0 Å². The van der Waals surface area contributed by atoms with Gasteiger partial charge in [-0.15, -0.1) is 0 Å². The molecule has 0 fully saturated rings. The number of aromatic amines is 1. The predicted octanol–water partition coefficient (Wildman–Crippen LogP) is 5.71. The van der Waals surface area contributed by atoms with Gasteiger partial charge in [0, 0.05) is 67.5 Å². The first kappa shape index (κ1) is 28.7. The number of benzene rings is 3. The van der Waals surface area contributed by atoms with Crippen molar-refractivity contribution in [3.63, 3.8) is 0 Å². The molecule has 4 heterocycles. The number of ether oxygens (including phenoxy) is 1. The van der Waals surface area contributed by atoms with Crippen molar-refractivity contribution in [1.82, 2.24) is 19.4 Å². The molecule has 0 unspecified atom stereocenters. The number of imidazole rings is 1. The summed E-state index contributed by atoms with van der Waals surface area (Å²) in [6.07, 6.45) is 4.65. The van der Waals surface area contributed by atoms with Crippen molar-refractivity contribution < 1.29 is 14.3 Å². The van der Waals surface area contributed by atoms with Crippen LogP contribution in [0.25, 0.3) is 22.2 Å². The van der Waals surface area contributed by atoms with Crippen LogP contribution in [0.4, 0.5) is 16.2 Å². The van der Waals surface area contributed by atoms with Crippen molar-refractivity contribution in [2.24, 2.45) is 7.05 Å². The van der Waals surface area contributed by atoms with E-state index < -0.39 is 12.1 Å². The quantitative estimate of drug-likeness (QED) is 0.247. The Morgan fingerprint density at radius 1 is 1.00 bits per heavy atom. The molecule has 0 radical (unpaired) electrons. The average molecular weight is 591 g/mol. The molecule has 0 saturated heterocycles. The number of pyridine rings is 1. The molecule has 0 saturated carbocycles. The van der Waals surface area contributed by atoms with Gasteiger partial charge >= 0.3 is 6.09 Å². The molecule has 2 amide bonds. The summed E-state index contributed by atoms with van der Waals surface area (Å²) >= 11 is 0. The summed E-state index contributed by atoms with van der Waals surface area (Å²) in [4.78, 5) is 48.5. The molecule has 3 aromatic carbocycles. The fourth-order valence-electron chi connectivity index (χ4n) is 5.80. The molecule has 2 aliphatic rings. The smallest absolute Gasteiger partial charge is 0.411 e. The van der Waals surface area contributed by atoms with E-state index in [2.05, 4.69) is 20.6 Å². The van der Waals surface area contributed by atoms with E-state index >= 15 is 0 Å². The van der Waals surface area contributed by atoms with E-state index in [1.54, 1.807) is 36.5 Å². The lowest BCUT2D eigenvalue weighted by atomic mass is 9.92. The van der Waals surface area contributed by atoms with Crippen molar-refractivity contribution in [2.45, 2.75) is 32.4 Å². The molecule has 2 aliphatic heterocycles. The van der Waals surface area contributed by atoms with Crippen molar-refractivity contribution in [3.05, 3.63) is 112 Å². The van der Waals surface area contributed by atoms with Gasteiger partial charge in [-0.1, -0.05) is 31.2 Å². The summed E-state index contributed by atoms with van der Waals surface area (Å²) in [7, 11) is 3.66. The van der Waals surface area contributed by atoms with Crippen molar-refractivity contribution in [3.8, 4) is 11.4 Å². The maximum absolute atomic E-state index is 14.3. The zero-order valence-corrected chi connectivity index (χ0v) is 25.0. The van der Waals surface area contributed by atoms with Crippen LogP contribution in [-0.2, 0) is 23.1 Å². The first-order chi connectivity index (χ1) is 21.2. The second kappa shape index (κ2) is 11.7. The number of H-pyrrole nitrogens is 1. The van der Waals surface area contributed by atoms with E-state index in [-0.39, 0.29) is 30.5 Å². The third-order valence-electron chi connectivity index (χ3n) is 8.15. The molecule has 10 heteroatoms. The summed E-state index contributed by atoms with van der Waals surface area (Å²) in [6, 6.07) is 18.1. The number of aryl methyl sites for hydroxylation is 2. The summed E-state index contributed by atoms with van der Waals surface area (Å²) in [5.74, 6) is 0.504. The SMILES string of the molecule is Cc1cc2ccc1[C@@H](C)COC(=O)Nc1ccc(-c3nccn3C)c(c1)CN(C)C(=O)[C@@H]2Nc1ccc2cc[nH]c(=O)c2c1. The minimum atomic E-state index is -0.744. The van der Waals surface area contributed by atoms with E-state index in [9.17, 15) is 14.4 Å². The minimum absolute atomic E-state index is 0.0685. The summed E-state index contributed by atoms with van der Waals surface area (Å²) in [6.45, 7) is 4.43. The van der Waals surface area contributed by atoms with Gasteiger partial charge in [0.05, 0.1) is 6.61 Å². The van der Waals surface area contributed by atoms with Gasteiger partial charge in [-0.2, -0.15) is 0 Å². The van der Waals surface area contributed by atoms with Gasteiger partial charge in [0.25, 0.3) is 5.56 Å². The Bertz CT molecular complexity index is 1940. The van der Waals surface area contributed by atoms with Crippen LogP contribution in [0.15, 0.2) is 84.0 Å². The maximum Gasteiger partial charge on any atom is 0.411 e. The highest BCUT2D eigenvalue weighted by atomic mass is 16.5. The lowest BCUT2D eigenvalue weighted by Gasteiger charge is -2.28. The van der Waals surface area contributed by atoms with E-state index in [1.807, 2.05) is 80.2 Å². The number of nitrogens with one attached hydrogen (secondary N) is 3. The molecule has 5 aromatic rings. The van der Waals surface area contributed by atoms with Gasteiger partial charge in [0.1, 0.15) is 11.9 Å². The lowest BCUT2D eigenvalue weighted by Crippen LogP contribution is -2.35. The number of carbonyl (C=O) groups is 2. The van der Waals surface area contributed by atoms with Crippen LogP contribution in [0.5, 0.6) is 0 Å². The molecule has 3 N–H and O–H groups in total. The first-order valence-electron chi connectivity index (χ1n) is 14.5. The molecule has 2 atom stereocenters. The minimum Gasteiger partial charge on any atom is -0.449 e. The fraction of sp³-hybridized carbons (Fsp3) is 0.235. The Labute approximate surface area is 254 Å². The molecular weight excluding hydrogens is 556 g/mol. The summed E-state index contributed by atoms with van der Waals surface area (Å²) in [5, 5.41) is 7.60. The number of nitrogens with zero attached hydrogens (tertiary/aromatic N) is 3. The Morgan fingerprint density at radius 2 is 1.84 bits per heavy atom. The zero-order chi connectivity index (χ0) is 31.0. The normalized spacial score (nSPS) is 17.4. The van der Waals surface area contributed by atoms with E-state index in [0.29, 0.717) is 16.8 Å². The molecule has 10 nitrogen and oxygen atoms in total. The number of anilines is 2. The van der Waals surface area contributed by atoms with Crippen LogP contribution in [0.1, 0.15) is 41.1 Å². The number of likely N-dealkylation sites (N-methyl/N-ethyl adjacent to an activating group) is 1. The standard InChI is InChI=1S/C34H34N6O4/c1-20-15-23-6-9-27(20)21(2)19-44-34(43)38-25-8-10-28(31-35-13-14-39(31)3)24(16-25)18-40(4)33(42)30(23)37-26-7-5-22-11-12-36-32(41)29(22)17-26/h5-17,21,30,37H,18-19H2,1-4H3,(H,36,41)(H,38,43)/t21-,30+/m0/s1. The number of hydrogen-bond acceptors (Lipinski definition) is 6. The third-order valence-corrected chi connectivity index (χ3v) is 8.15. The average Bonchev–Trinajstić information content (AvgIpc) is 3.43. The highest BCUT2D eigenvalue weighted by Crippen LogP contribution is 2.31. The number of fused-ring (bicyclic) bond motifs is 10. The molecular formula is C34H34N6O4. The molecule has 4 bridgehead atoms. The molecule has 44 heavy (non-hydrogen) atoms. The highest BCUT2D eigenvalue weighted by molar-refractivity contribution is 5.89. The lowest BCUT2D eigenvalue weighted by molar-refractivity contribution is -0.131. The van der Waals surface area contributed by atoms with Crippen LogP contribution in [0.2, 0.25) is 0 Å². The van der Waals surface area contributed by atoms with Crippen molar-refractivity contribution >= 4 is 34.1 Å². The van der Waals surface area contributed by atoms with Crippen LogP contribution < -0.4 is 16.2 Å². The van der Waals surface area contributed by atoms with Gasteiger partial charge in [-0.25, -0.2) is 9.78 Å². The molecule has 224 valence electrons. The molecule has 7 rings (SSSR count). The van der Waals surface area contributed by atoms with Gasteiger partial charge in [0.15, 0.2) is 0 Å². The van der Waals surface area contributed by atoms with E-state index in [0.717, 1.165) is 39.0 Å². The number of amides is 2. The second-order valence-electron chi connectivity index (χ2n) is 11.4.